The van der Waals surface area contributed by atoms with Crippen molar-refractivity contribution in [3.63, 3.8) is 0 Å². The Hall–Kier alpha value is -3.09. The van der Waals surface area contributed by atoms with Gasteiger partial charge in [0.15, 0.2) is 0 Å². The molecule has 0 unspecified atom stereocenters. The van der Waals surface area contributed by atoms with Crippen LogP contribution in [0.25, 0.3) is 0 Å². The molecule has 2 amide bonds. The summed E-state index contributed by atoms with van der Waals surface area (Å²) in [6, 6.07) is 16.0. The largest absolute Gasteiger partial charge is 0.399 e. The van der Waals surface area contributed by atoms with E-state index < -0.39 is 0 Å². The van der Waals surface area contributed by atoms with Gasteiger partial charge in [0.1, 0.15) is 0 Å². The van der Waals surface area contributed by atoms with Crippen LogP contribution in [-0.2, 0) is 0 Å². The molecule has 7 nitrogen and oxygen atoms in total. The lowest BCUT2D eigenvalue weighted by molar-refractivity contribution is 0.147. The highest BCUT2D eigenvalue weighted by Crippen LogP contribution is 2.21. The Morgan fingerprint density at radius 2 is 0.893 bits per heavy atom. The van der Waals surface area contributed by atoms with E-state index in [9.17, 15) is 4.79 Å². The van der Waals surface area contributed by atoms with Crippen molar-refractivity contribution in [1.29, 1.82) is 0 Å². The molecular formula is C21H28N6O. The fourth-order valence-electron chi connectivity index (χ4n) is 3.88. The zero-order valence-electron chi connectivity index (χ0n) is 16.1. The van der Waals surface area contributed by atoms with Gasteiger partial charge in [-0.2, -0.15) is 0 Å². The Balaban J connectivity index is 1.28. The molecule has 0 aliphatic carbocycles. The predicted molar refractivity (Wildman–Crippen MR) is 115 cm³/mol. The lowest BCUT2D eigenvalue weighted by atomic mass is 10.2. The van der Waals surface area contributed by atoms with Crippen molar-refractivity contribution in [2.24, 2.45) is 0 Å². The standard InChI is InChI=1S/C21H28N6O/c22-17-1-5-19(6-2-17)24-9-13-26(14-10-24)21(28)27-15-11-25(12-16-27)20-7-3-18(23)4-8-20/h1-8H,9-16,22-23H2. The number of piperazine rings is 2. The minimum absolute atomic E-state index is 0.161. The van der Waals surface area contributed by atoms with Crippen molar-refractivity contribution in [2.45, 2.75) is 0 Å². The Bertz CT molecular complexity index is 723. The molecule has 0 atom stereocenters. The first-order valence-electron chi connectivity index (χ1n) is 9.85. The topological polar surface area (TPSA) is 82.1 Å². The second-order valence-corrected chi connectivity index (χ2v) is 7.41. The van der Waals surface area contributed by atoms with Crippen LogP contribution in [0.2, 0.25) is 0 Å². The Morgan fingerprint density at radius 3 is 1.21 bits per heavy atom. The summed E-state index contributed by atoms with van der Waals surface area (Å²) >= 11 is 0. The van der Waals surface area contributed by atoms with Gasteiger partial charge in [-0.15, -0.1) is 0 Å². The summed E-state index contributed by atoms with van der Waals surface area (Å²) in [6.45, 7) is 6.40. The summed E-state index contributed by atoms with van der Waals surface area (Å²) in [4.78, 5) is 21.5. The third-order valence-corrected chi connectivity index (χ3v) is 5.62. The van der Waals surface area contributed by atoms with Crippen molar-refractivity contribution in [1.82, 2.24) is 9.80 Å². The highest BCUT2D eigenvalue weighted by atomic mass is 16.2. The van der Waals surface area contributed by atoms with E-state index in [0.29, 0.717) is 0 Å². The average molecular weight is 380 g/mol. The predicted octanol–water partition coefficient (Wildman–Crippen LogP) is 1.92. The third-order valence-electron chi connectivity index (χ3n) is 5.62. The molecule has 2 aromatic rings. The first-order valence-corrected chi connectivity index (χ1v) is 9.85. The minimum atomic E-state index is 0.161. The van der Waals surface area contributed by atoms with E-state index in [1.54, 1.807) is 0 Å². The molecule has 0 bridgehead atoms. The van der Waals surface area contributed by atoms with Gasteiger partial charge in [-0.3, -0.25) is 0 Å². The van der Waals surface area contributed by atoms with Gasteiger partial charge in [-0.1, -0.05) is 0 Å². The van der Waals surface area contributed by atoms with E-state index in [0.717, 1.165) is 63.7 Å². The molecule has 2 fully saturated rings. The van der Waals surface area contributed by atoms with Crippen molar-refractivity contribution in [2.75, 3.05) is 73.6 Å². The van der Waals surface area contributed by atoms with Crippen molar-refractivity contribution in [3.8, 4) is 0 Å². The van der Waals surface area contributed by atoms with Gasteiger partial charge in [0, 0.05) is 75.1 Å². The molecule has 0 spiro atoms. The van der Waals surface area contributed by atoms with Gasteiger partial charge in [0.2, 0.25) is 0 Å². The van der Waals surface area contributed by atoms with E-state index in [4.69, 9.17) is 11.5 Å². The molecular weight excluding hydrogens is 352 g/mol. The van der Waals surface area contributed by atoms with E-state index in [-0.39, 0.29) is 6.03 Å². The van der Waals surface area contributed by atoms with Crippen LogP contribution in [0.5, 0.6) is 0 Å². The zero-order valence-corrected chi connectivity index (χ0v) is 16.1. The minimum Gasteiger partial charge on any atom is -0.399 e. The summed E-state index contributed by atoms with van der Waals surface area (Å²) in [5.74, 6) is 0. The van der Waals surface area contributed by atoms with Crippen molar-refractivity contribution >= 4 is 28.8 Å². The summed E-state index contributed by atoms with van der Waals surface area (Å²) < 4.78 is 0. The molecule has 2 aromatic carbocycles. The SMILES string of the molecule is Nc1ccc(N2CCN(C(=O)N3CCN(c4ccc(N)cc4)CC3)CC2)cc1. The van der Waals surface area contributed by atoms with Crippen LogP contribution in [0.15, 0.2) is 48.5 Å². The number of benzene rings is 2. The first kappa shape index (κ1) is 18.3. The molecule has 4 rings (SSSR count). The zero-order chi connectivity index (χ0) is 19.5. The Labute approximate surface area is 166 Å². The number of anilines is 4. The molecule has 0 aromatic heterocycles. The van der Waals surface area contributed by atoms with Crippen LogP contribution in [0.1, 0.15) is 0 Å². The maximum Gasteiger partial charge on any atom is 0.320 e. The van der Waals surface area contributed by atoms with Gasteiger partial charge in [0.05, 0.1) is 0 Å². The van der Waals surface area contributed by atoms with E-state index in [1.165, 1.54) is 11.4 Å². The molecule has 2 aliphatic rings. The van der Waals surface area contributed by atoms with E-state index >= 15 is 0 Å². The number of hydrogen-bond donors (Lipinski definition) is 2. The fraction of sp³-hybridized carbons (Fsp3) is 0.381. The molecule has 7 heteroatoms. The lowest BCUT2D eigenvalue weighted by Crippen LogP contribution is -2.57. The quantitative estimate of drug-likeness (QED) is 0.778. The number of urea groups is 1. The summed E-state index contributed by atoms with van der Waals surface area (Å²) in [5, 5.41) is 0. The number of carbonyl (C=O) groups excluding carboxylic acids is 1. The third kappa shape index (κ3) is 3.93. The molecule has 2 heterocycles. The smallest absolute Gasteiger partial charge is 0.320 e. The average Bonchev–Trinajstić information content (AvgIpc) is 2.75. The first-order chi connectivity index (χ1) is 13.6. The molecule has 2 saturated heterocycles. The number of nitrogens with zero attached hydrogens (tertiary/aromatic N) is 4. The highest BCUT2D eigenvalue weighted by Gasteiger charge is 2.28. The molecule has 28 heavy (non-hydrogen) atoms. The summed E-state index contributed by atoms with van der Waals surface area (Å²) in [7, 11) is 0. The highest BCUT2D eigenvalue weighted by molar-refractivity contribution is 5.75. The van der Waals surface area contributed by atoms with Gasteiger partial charge in [-0.05, 0) is 48.5 Å². The van der Waals surface area contributed by atoms with Crippen LogP contribution in [-0.4, -0.2) is 68.2 Å². The van der Waals surface area contributed by atoms with Crippen LogP contribution in [0, 0.1) is 0 Å². The van der Waals surface area contributed by atoms with Crippen LogP contribution >= 0.6 is 0 Å². The van der Waals surface area contributed by atoms with E-state index in [1.807, 2.05) is 58.3 Å². The van der Waals surface area contributed by atoms with Crippen LogP contribution in [0.4, 0.5) is 27.5 Å². The van der Waals surface area contributed by atoms with Gasteiger partial charge < -0.3 is 31.1 Å². The van der Waals surface area contributed by atoms with Gasteiger partial charge in [-0.25, -0.2) is 4.79 Å². The number of hydrogen-bond acceptors (Lipinski definition) is 5. The number of nitrogens with two attached hydrogens (primary N) is 2. The number of rotatable bonds is 2. The number of nitrogen functional groups attached to an aromatic ring is 2. The molecule has 2 aliphatic heterocycles. The van der Waals surface area contributed by atoms with Crippen molar-refractivity contribution in [3.05, 3.63) is 48.5 Å². The molecule has 148 valence electrons. The van der Waals surface area contributed by atoms with E-state index in [2.05, 4.69) is 9.80 Å². The molecule has 0 radical (unpaired) electrons. The molecule has 0 saturated carbocycles. The second kappa shape index (κ2) is 7.88. The van der Waals surface area contributed by atoms with Crippen molar-refractivity contribution < 1.29 is 4.79 Å². The lowest BCUT2D eigenvalue weighted by Gasteiger charge is -2.41. The Kier molecular flexibility index (Phi) is 5.14. The monoisotopic (exact) mass is 380 g/mol. The maximum atomic E-state index is 12.9. The summed E-state index contributed by atoms with van der Waals surface area (Å²) in [6.07, 6.45) is 0. The normalized spacial score (nSPS) is 17.7. The number of carbonyl (C=O) groups is 1. The second-order valence-electron chi connectivity index (χ2n) is 7.41. The molecule has 4 N–H and O–H groups in total. The number of amides is 2. The van der Waals surface area contributed by atoms with Gasteiger partial charge >= 0.3 is 6.03 Å². The summed E-state index contributed by atoms with van der Waals surface area (Å²) in [5.41, 5.74) is 15.4. The van der Waals surface area contributed by atoms with Gasteiger partial charge in [0.25, 0.3) is 0 Å². The fourth-order valence-corrected chi connectivity index (χ4v) is 3.88. The van der Waals surface area contributed by atoms with Crippen LogP contribution in [0.3, 0.4) is 0 Å². The maximum absolute atomic E-state index is 12.9. The Morgan fingerprint density at radius 1 is 0.571 bits per heavy atom. The van der Waals surface area contributed by atoms with Crippen LogP contribution < -0.4 is 21.3 Å².